The van der Waals surface area contributed by atoms with Crippen molar-refractivity contribution in [3.05, 3.63) is 29.8 Å². The smallest absolute Gasteiger partial charge is 0.341 e. The maximum Gasteiger partial charge on any atom is 0.341 e. The van der Waals surface area contributed by atoms with Gasteiger partial charge in [-0.25, -0.2) is 4.79 Å². The lowest BCUT2D eigenvalue weighted by molar-refractivity contribution is 0.0402. The number of nitrogens with two attached hydrogens (primary N) is 1. The van der Waals surface area contributed by atoms with E-state index in [1.165, 1.54) is 0 Å². The van der Waals surface area contributed by atoms with Crippen molar-refractivity contribution < 1.29 is 9.53 Å². The molecule has 0 radical (unpaired) electrons. The van der Waals surface area contributed by atoms with E-state index >= 15 is 0 Å². The second-order valence-corrected chi connectivity index (χ2v) is 3.02. The SMILES string of the molecule is CCC(C#N)OC(=O)c1ccccc1N. The number of ether oxygens (including phenoxy) is 1. The van der Waals surface area contributed by atoms with Crippen LogP contribution in [0.15, 0.2) is 24.3 Å². The molecule has 0 aliphatic carbocycles. The third-order valence-electron chi connectivity index (χ3n) is 1.94. The summed E-state index contributed by atoms with van der Waals surface area (Å²) in [5, 5.41) is 8.63. The number of carbonyl (C=O) groups excluding carboxylic acids is 1. The highest BCUT2D eigenvalue weighted by Gasteiger charge is 2.15. The van der Waals surface area contributed by atoms with Gasteiger partial charge in [0.05, 0.1) is 5.56 Å². The quantitative estimate of drug-likeness (QED) is 0.600. The summed E-state index contributed by atoms with van der Waals surface area (Å²) in [5.41, 5.74) is 6.25. The summed E-state index contributed by atoms with van der Waals surface area (Å²) >= 11 is 0. The number of nitrogens with zero attached hydrogens (tertiary/aromatic N) is 1. The zero-order valence-corrected chi connectivity index (χ0v) is 8.43. The monoisotopic (exact) mass is 204 g/mol. The third-order valence-corrected chi connectivity index (χ3v) is 1.94. The molecule has 0 saturated carbocycles. The van der Waals surface area contributed by atoms with Crippen molar-refractivity contribution in [3.63, 3.8) is 0 Å². The van der Waals surface area contributed by atoms with Crippen LogP contribution in [0.4, 0.5) is 5.69 Å². The summed E-state index contributed by atoms with van der Waals surface area (Å²) in [6, 6.07) is 8.50. The average Bonchev–Trinajstić information content (AvgIpc) is 2.26. The van der Waals surface area contributed by atoms with Gasteiger partial charge in [0.15, 0.2) is 6.10 Å². The predicted octanol–water partition coefficient (Wildman–Crippen LogP) is 1.73. The molecule has 0 amide bonds. The second-order valence-electron chi connectivity index (χ2n) is 3.02. The maximum absolute atomic E-state index is 11.5. The van der Waals surface area contributed by atoms with Crippen LogP contribution in [0, 0.1) is 11.3 Å². The Hall–Kier alpha value is -2.02. The Morgan fingerprint density at radius 1 is 1.60 bits per heavy atom. The molecule has 1 unspecified atom stereocenters. The summed E-state index contributed by atoms with van der Waals surface area (Å²) in [4.78, 5) is 11.5. The molecule has 4 heteroatoms. The van der Waals surface area contributed by atoms with E-state index in [1.807, 2.05) is 6.07 Å². The van der Waals surface area contributed by atoms with Gasteiger partial charge in [0.25, 0.3) is 0 Å². The molecule has 0 aromatic heterocycles. The lowest BCUT2D eigenvalue weighted by Crippen LogP contribution is -2.16. The van der Waals surface area contributed by atoms with Crippen molar-refractivity contribution in [2.75, 3.05) is 5.73 Å². The molecule has 0 heterocycles. The molecule has 0 fully saturated rings. The summed E-state index contributed by atoms with van der Waals surface area (Å²) in [6.45, 7) is 1.77. The van der Waals surface area contributed by atoms with Gasteiger partial charge in [0, 0.05) is 5.69 Å². The van der Waals surface area contributed by atoms with Gasteiger partial charge in [-0.05, 0) is 18.6 Å². The predicted molar refractivity (Wildman–Crippen MR) is 56.0 cm³/mol. The van der Waals surface area contributed by atoms with E-state index in [1.54, 1.807) is 31.2 Å². The van der Waals surface area contributed by atoms with Gasteiger partial charge in [0.2, 0.25) is 0 Å². The van der Waals surface area contributed by atoms with Crippen LogP contribution in [0.3, 0.4) is 0 Å². The summed E-state index contributed by atoms with van der Waals surface area (Å²) < 4.78 is 4.94. The first kappa shape index (κ1) is 11.1. The molecule has 0 bridgehead atoms. The molecule has 1 rings (SSSR count). The molecule has 0 saturated heterocycles. The standard InChI is InChI=1S/C11H12N2O2/c1-2-8(7-12)15-11(14)9-5-3-4-6-10(9)13/h3-6,8H,2,13H2,1H3. The Morgan fingerprint density at radius 2 is 2.27 bits per heavy atom. The summed E-state index contributed by atoms with van der Waals surface area (Å²) in [7, 11) is 0. The lowest BCUT2D eigenvalue weighted by atomic mass is 10.2. The van der Waals surface area contributed by atoms with Gasteiger partial charge < -0.3 is 10.5 Å². The molecule has 0 aliphatic heterocycles. The number of hydrogen-bond donors (Lipinski definition) is 1. The number of rotatable bonds is 3. The Kier molecular flexibility index (Phi) is 3.69. The first-order valence-electron chi connectivity index (χ1n) is 4.64. The molecule has 4 nitrogen and oxygen atoms in total. The number of hydrogen-bond acceptors (Lipinski definition) is 4. The minimum Gasteiger partial charge on any atom is -0.443 e. The highest BCUT2D eigenvalue weighted by molar-refractivity contribution is 5.95. The molecule has 1 aromatic rings. The number of nitrogen functional groups attached to an aromatic ring is 1. The second kappa shape index (κ2) is 5.01. The number of esters is 1. The van der Waals surface area contributed by atoms with E-state index in [2.05, 4.69) is 0 Å². The number of carbonyl (C=O) groups is 1. The third kappa shape index (κ3) is 2.71. The summed E-state index contributed by atoms with van der Waals surface area (Å²) in [5.74, 6) is -0.554. The van der Waals surface area contributed by atoms with Crippen LogP contribution in [-0.4, -0.2) is 12.1 Å². The van der Waals surface area contributed by atoms with E-state index in [0.717, 1.165) is 0 Å². The Morgan fingerprint density at radius 3 is 2.80 bits per heavy atom. The Bertz CT molecular complexity index is 396. The van der Waals surface area contributed by atoms with Crippen molar-refractivity contribution in [2.45, 2.75) is 19.4 Å². The van der Waals surface area contributed by atoms with E-state index in [4.69, 9.17) is 15.7 Å². The van der Waals surface area contributed by atoms with E-state index in [0.29, 0.717) is 17.7 Å². The van der Waals surface area contributed by atoms with E-state index in [-0.39, 0.29) is 0 Å². The van der Waals surface area contributed by atoms with Crippen molar-refractivity contribution >= 4 is 11.7 Å². The van der Waals surface area contributed by atoms with Crippen molar-refractivity contribution in [2.24, 2.45) is 0 Å². The van der Waals surface area contributed by atoms with E-state index < -0.39 is 12.1 Å². The van der Waals surface area contributed by atoms with Crippen molar-refractivity contribution in [1.29, 1.82) is 5.26 Å². The van der Waals surface area contributed by atoms with Gasteiger partial charge in [-0.3, -0.25) is 0 Å². The fraction of sp³-hybridized carbons (Fsp3) is 0.273. The van der Waals surface area contributed by atoms with Crippen LogP contribution in [0.1, 0.15) is 23.7 Å². The van der Waals surface area contributed by atoms with Crippen LogP contribution in [0.2, 0.25) is 0 Å². The highest BCUT2D eigenvalue weighted by atomic mass is 16.5. The van der Waals surface area contributed by atoms with Crippen LogP contribution < -0.4 is 5.73 Å². The topological polar surface area (TPSA) is 76.1 Å². The normalized spacial score (nSPS) is 11.5. The molecule has 1 atom stereocenters. The molecule has 1 aromatic carbocycles. The molecular formula is C11H12N2O2. The zero-order chi connectivity index (χ0) is 11.3. The van der Waals surface area contributed by atoms with Crippen LogP contribution in [0.25, 0.3) is 0 Å². The van der Waals surface area contributed by atoms with Gasteiger partial charge in [-0.2, -0.15) is 5.26 Å². The van der Waals surface area contributed by atoms with Crippen LogP contribution >= 0.6 is 0 Å². The maximum atomic E-state index is 11.5. The number of benzene rings is 1. The fourth-order valence-electron chi connectivity index (χ4n) is 1.08. The molecular weight excluding hydrogens is 192 g/mol. The minimum absolute atomic E-state index is 0.297. The minimum atomic E-state index is -0.711. The number of anilines is 1. The first-order chi connectivity index (χ1) is 7.19. The Balaban J connectivity index is 2.79. The van der Waals surface area contributed by atoms with Gasteiger partial charge in [0.1, 0.15) is 6.07 Å². The van der Waals surface area contributed by atoms with E-state index in [9.17, 15) is 4.79 Å². The van der Waals surface area contributed by atoms with Crippen LogP contribution in [-0.2, 0) is 4.74 Å². The molecule has 2 N–H and O–H groups in total. The Labute approximate surface area is 88.3 Å². The molecule has 0 aliphatic rings. The van der Waals surface area contributed by atoms with Crippen molar-refractivity contribution in [1.82, 2.24) is 0 Å². The molecule has 15 heavy (non-hydrogen) atoms. The van der Waals surface area contributed by atoms with Crippen molar-refractivity contribution in [3.8, 4) is 6.07 Å². The fourth-order valence-corrected chi connectivity index (χ4v) is 1.08. The average molecular weight is 204 g/mol. The van der Waals surface area contributed by atoms with Gasteiger partial charge >= 0.3 is 5.97 Å². The zero-order valence-electron chi connectivity index (χ0n) is 8.43. The first-order valence-corrected chi connectivity index (χ1v) is 4.64. The van der Waals surface area contributed by atoms with Gasteiger partial charge in [-0.15, -0.1) is 0 Å². The number of nitriles is 1. The largest absolute Gasteiger partial charge is 0.443 e. The summed E-state index contributed by atoms with van der Waals surface area (Å²) in [6.07, 6.45) is -0.244. The molecule has 0 spiro atoms. The van der Waals surface area contributed by atoms with Crippen LogP contribution in [0.5, 0.6) is 0 Å². The molecule has 78 valence electrons. The lowest BCUT2D eigenvalue weighted by Gasteiger charge is -2.09. The van der Waals surface area contributed by atoms with Gasteiger partial charge in [-0.1, -0.05) is 19.1 Å². The highest BCUT2D eigenvalue weighted by Crippen LogP contribution is 2.13. The number of para-hydroxylation sites is 1.